The molecule has 0 spiro atoms. The molecule has 86 valence electrons. The second-order valence-corrected chi connectivity index (χ2v) is 3.53. The number of hydrogen-bond donors (Lipinski definition) is 2. The van der Waals surface area contributed by atoms with Crippen LogP contribution in [0.2, 0.25) is 5.02 Å². The van der Waals surface area contributed by atoms with E-state index in [9.17, 15) is 9.59 Å². The summed E-state index contributed by atoms with van der Waals surface area (Å²) in [4.78, 5) is 21.6. The molecule has 0 atom stereocenters. The number of rotatable bonds is 2. The van der Waals surface area contributed by atoms with Crippen molar-refractivity contribution in [1.29, 1.82) is 0 Å². The van der Waals surface area contributed by atoms with Crippen LogP contribution in [-0.4, -0.2) is 18.9 Å². The average molecular weight is 243 g/mol. The number of primary amides is 1. The molecular formula is C10H11ClN2O3. The quantitative estimate of drug-likeness (QED) is 0.762. The summed E-state index contributed by atoms with van der Waals surface area (Å²) in [6.07, 6.45) is 0. The summed E-state index contributed by atoms with van der Waals surface area (Å²) in [6, 6.07) is 3.15. The van der Waals surface area contributed by atoms with Gasteiger partial charge in [-0.25, -0.2) is 0 Å². The normalized spacial score (nSPS) is 9.69. The predicted octanol–water partition coefficient (Wildman–Crippen LogP) is 1.08. The lowest BCUT2D eigenvalue weighted by molar-refractivity contribution is -0.134. The summed E-state index contributed by atoms with van der Waals surface area (Å²) < 4.78 is 5.00. The lowest BCUT2D eigenvalue weighted by Crippen LogP contribution is -2.29. The Balaban J connectivity index is 3.02. The number of nitrogens with one attached hydrogen (secondary N) is 1. The lowest BCUT2D eigenvalue weighted by Gasteiger charge is -2.10. The van der Waals surface area contributed by atoms with Gasteiger partial charge in [-0.15, -0.1) is 0 Å². The molecule has 2 amide bonds. The zero-order valence-electron chi connectivity index (χ0n) is 8.83. The fraction of sp³-hybridized carbons (Fsp3) is 0.200. The van der Waals surface area contributed by atoms with Crippen molar-refractivity contribution in [3.63, 3.8) is 0 Å². The number of aryl methyl sites for hydroxylation is 1. The van der Waals surface area contributed by atoms with E-state index in [2.05, 4.69) is 5.32 Å². The number of carbonyl (C=O) groups excluding carboxylic acids is 2. The van der Waals surface area contributed by atoms with Crippen molar-refractivity contribution in [2.24, 2.45) is 5.73 Å². The first-order valence-corrected chi connectivity index (χ1v) is 4.78. The number of halogens is 1. The number of methoxy groups -OCH3 is 1. The molecular weight excluding hydrogens is 232 g/mol. The van der Waals surface area contributed by atoms with Crippen LogP contribution in [0.25, 0.3) is 0 Å². The van der Waals surface area contributed by atoms with Gasteiger partial charge in [0, 0.05) is 5.69 Å². The van der Waals surface area contributed by atoms with Crippen LogP contribution in [0.1, 0.15) is 5.56 Å². The van der Waals surface area contributed by atoms with E-state index in [1.54, 1.807) is 13.0 Å². The monoisotopic (exact) mass is 242 g/mol. The number of ether oxygens (including phenoxy) is 1. The number of nitrogens with two attached hydrogens (primary N) is 1. The van der Waals surface area contributed by atoms with Crippen molar-refractivity contribution in [1.82, 2.24) is 0 Å². The van der Waals surface area contributed by atoms with Crippen LogP contribution in [0, 0.1) is 6.92 Å². The molecule has 0 bridgehead atoms. The van der Waals surface area contributed by atoms with E-state index in [1.807, 2.05) is 0 Å². The van der Waals surface area contributed by atoms with Crippen LogP contribution in [0.5, 0.6) is 5.75 Å². The van der Waals surface area contributed by atoms with E-state index in [1.165, 1.54) is 13.2 Å². The minimum atomic E-state index is -1.05. The third-order valence-electron chi connectivity index (χ3n) is 1.97. The van der Waals surface area contributed by atoms with E-state index in [-0.39, 0.29) is 0 Å². The molecule has 0 unspecified atom stereocenters. The van der Waals surface area contributed by atoms with Gasteiger partial charge in [-0.2, -0.15) is 0 Å². The largest absolute Gasteiger partial charge is 0.495 e. The maximum Gasteiger partial charge on any atom is 0.313 e. The molecule has 0 aliphatic heterocycles. The first-order chi connectivity index (χ1) is 7.45. The standard InChI is InChI=1S/C10H11ClN2O3/c1-5-3-8(16-2)6(11)4-7(5)13-10(15)9(12)14/h3-4H,1-2H3,(H2,12,14)(H,13,15). The van der Waals surface area contributed by atoms with Gasteiger partial charge in [-0.3, -0.25) is 9.59 Å². The van der Waals surface area contributed by atoms with Gasteiger partial charge in [0.25, 0.3) is 0 Å². The number of benzene rings is 1. The van der Waals surface area contributed by atoms with Gasteiger partial charge in [0.2, 0.25) is 0 Å². The molecule has 5 nitrogen and oxygen atoms in total. The Labute approximate surface area is 97.5 Å². The highest BCUT2D eigenvalue weighted by atomic mass is 35.5. The fourth-order valence-electron chi connectivity index (χ4n) is 1.13. The van der Waals surface area contributed by atoms with Crippen LogP contribution < -0.4 is 15.8 Å². The molecule has 0 aromatic heterocycles. The van der Waals surface area contributed by atoms with Gasteiger partial charge in [0.15, 0.2) is 0 Å². The Morgan fingerprint density at radius 2 is 2.06 bits per heavy atom. The molecule has 16 heavy (non-hydrogen) atoms. The summed E-state index contributed by atoms with van der Waals surface area (Å²) in [7, 11) is 1.49. The van der Waals surface area contributed by atoms with Gasteiger partial charge in [0.05, 0.1) is 12.1 Å². The Hall–Kier alpha value is -1.75. The molecule has 1 rings (SSSR count). The maximum atomic E-state index is 11.1. The SMILES string of the molecule is COc1cc(C)c(NC(=O)C(N)=O)cc1Cl. The zero-order chi connectivity index (χ0) is 12.3. The predicted molar refractivity (Wildman–Crippen MR) is 60.6 cm³/mol. The molecule has 0 heterocycles. The minimum Gasteiger partial charge on any atom is -0.495 e. The van der Waals surface area contributed by atoms with Crippen LogP contribution in [0.3, 0.4) is 0 Å². The number of hydrogen-bond acceptors (Lipinski definition) is 3. The summed E-state index contributed by atoms with van der Waals surface area (Å²) in [5.41, 5.74) is 5.96. The molecule has 0 aliphatic carbocycles. The van der Waals surface area contributed by atoms with Crippen molar-refractivity contribution < 1.29 is 14.3 Å². The third kappa shape index (κ3) is 2.64. The minimum absolute atomic E-state index is 0.341. The van der Waals surface area contributed by atoms with E-state index >= 15 is 0 Å². The first kappa shape index (κ1) is 12.3. The lowest BCUT2D eigenvalue weighted by atomic mass is 10.2. The van der Waals surface area contributed by atoms with E-state index in [4.69, 9.17) is 22.1 Å². The Bertz CT molecular complexity index is 446. The molecule has 0 radical (unpaired) electrons. The molecule has 6 heteroatoms. The molecule has 3 N–H and O–H groups in total. The second-order valence-electron chi connectivity index (χ2n) is 3.12. The smallest absolute Gasteiger partial charge is 0.313 e. The molecule has 0 saturated carbocycles. The molecule has 1 aromatic rings. The second kappa shape index (κ2) is 4.85. The fourth-order valence-corrected chi connectivity index (χ4v) is 1.37. The van der Waals surface area contributed by atoms with Crippen molar-refractivity contribution in [3.05, 3.63) is 22.7 Å². The summed E-state index contributed by atoms with van der Waals surface area (Å²) in [5.74, 6) is -1.44. The summed E-state index contributed by atoms with van der Waals surface area (Å²) >= 11 is 5.87. The summed E-state index contributed by atoms with van der Waals surface area (Å²) in [6.45, 7) is 1.75. The Morgan fingerprint density at radius 1 is 1.44 bits per heavy atom. The third-order valence-corrected chi connectivity index (χ3v) is 2.27. The van der Waals surface area contributed by atoms with E-state index in [0.29, 0.717) is 16.5 Å². The topological polar surface area (TPSA) is 81.4 Å². The Kier molecular flexibility index (Phi) is 3.73. The van der Waals surface area contributed by atoms with Crippen molar-refractivity contribution in [2.45, 2.75) is 6.92 Å². The average Bonchev–Trinajstić information content (AvgIpc) is 2.22. The molecule has 0 fully saturated rings. The van der Waals surface area contributed by atoms with E-state index < -0.39 is 11.8 Å². The van der Waals surface area contributed by atoms with E-state index in [0.717, 1.165) is 5.56 Å². The highest BCUT2D eigenvalue weighted by molar-refractivity contribution is 6.39. The Morgan fingerprint density at radius 3 is 2.56 bits per heavy atom. The summed E-state index contributed by atoms with van der Waals surface area (Å²) in [5, 5.41) is 2.69. The van der Waals surface area contributed by atoms with Gasteiger partial charge in [-0.1, -0.05) is 11.6 Å². The maximum absolute atomic E-state index is 11.1. The van der Waals surface area contributed by atoms with Gasteiger partial charge < -0.3 is 15.8 Å². The highest BCUT2D eigenvalue weighted by Gasteiger charge is 2.12. The molecule has 1 aromatic carbocycles. The van der Waals surface area contributed by atoms with Crippen LogP contribution in [0.15, 0.2) is 12.1 Å². The van der Waals surface area contributed by atoms with Crippen molar-refractivity contribution >= 4 is 29.1 Å². The zero-order valence-corrected chi connectivity index (χ0v) is 9.59. The van der Waals surface area contributed by atoms with Gasteiger partial charge >= 0.3 is 11.8 Å². The highest BCUT2D eigenvalue weighted by Crippen LogP contribution is 2.30. The number of carbonyl (C=O) groups is 2. The number of amides is 2. The van der Waals surface area contributed by atoms with Crippen molar-refractivity contribution in [2.75, 3.05) is 12.4 Å². The van der Waals surface area contributed by atoms with Crippen LogP contribution in [-0.2, 0) is 9.59 Å². The molecule has 0 aliphatic rings. The molecule has 0 saturated heterocycles. The van der Waals surface area contributed by atoms with Crippen LogP contribution in [0.4, 0.5) is 5.69 Å². The first-order valence-electron chi connectivity index (χ1n) is 4.40. The van der Waals surface area contributed by atoms with Crippen molar-refractivity contribution in [3.8, 4) is 5.75 Å². The van der Waals surface area contributed by atoms with Gasteiger partial charge in [0.1, 0.15) is 5.75 Å². The number of anilines is 1. The van der Waals surface area contributed by atoms with Crippen LogP contribution >= 0.6 is 11.6 Å². The van der Waals surface area contributed by atoms with Gasteiger partial charge in [-0.05, 0) is 24.6 Å².